The third-order valence-electron chi connectivity index (χ3n) is 2.03. The molecule has 1 N–H and O–H groups in total. The van der Waals surface area contributed by atoms with Crippen molar-refractivity contribution in [2.45, 2.75) is 6.61 Å². The first kappa shape index (κ1) is 11.0. The Hall–Kier alpha value is -1.55. The van der Waals surface area contributed by atoms with Crippen molar-refractivity contribution in [2.75, 3.05) is 0 Å². The molecular formula is C12H10BrNO2. The Morgan fingerprint density at radius 1 is 1.19 bits per heavy atom. The number of aromatic nitrogens is 1. The second-order valence-corrected chi connectivity index (χ2v) is 4.14. The molecule has 0 saturated heterocycles. The molecule has 0 unspecified atom stereocenters. The number of nitrogens with zero attached hydrogens (tertiary/aromatic N) is 1. The van der Waals surface area contributed by atoms with E-state index in [1.54, 1.807) is 24.4 Å². The molecule has 1 aromatic carbocycles. The van der Waals surface area contributed by atoms with Crippen LogP contribution in [0.3, 0.4) is 0 Å². The van der Waals surface area contributed by atoms with Gasteiger partial charge in [0, 0.05) is 10.7 Å². The summed E-state index contributed by atoms with van der Waals surface area (Å²) in [6.07, 6.45) is 1.71. The van der Waals surface area contributed by atoms with Gasteiger partial charge in [0.1, 0.15) is 6.61 Å². The number of pyridine rings is 1. The lowest BCUT2D eigenvalue weighted by Gasteiger charge is -2.06. The number of hydrogen-bond donors (Lipinski definition) is 1. The smallest absolute Gasteiger partial charge is 0.161 e. The molecule has 0 bridgehead atoms. The number of phenols is 1. The van der Waals surface area contributed by atoms with Gasteiger partial charge in [-0.05, 0) is 40.2 Å². The number of rotatable bonds is 3. The SMILES string of the molecule is Oc1ccccc1OCc1ccc(Br)cn1. The van der Waals surface area contributed by atoms with Crippen molar-refractivity contribution in [1.82, 2.24) is 4.98 Å². The average molecular weight is 280 g/mol. The van der Waals surface area contributed by atoms with Crippen LogP contribution >= 0.6 is 15.9 Å². The largest absolute Gasteiger partial charge is 0.504 e. The normalized spacial score (nSPS) is 10.1. The Kier molecular flexibility index (Phi) is 3.41. The van der Waals surface area contributed by atoms with Crippen LogP contribution in [0.5, 0.6) is 11.5 Å². The number of benzene rings is 1. The Morgan fingerprint density at radius 2 is 2.00 bits per heavy atom. The van der Waals surface area contributed by atoms with Crippen molar-refractivity contribution in [3.05, 3.63) is 52.8 Å². The van der Waals surface area contributed by atoms with Crippen LogP contribution in [-0.2, 0) is 6.61 Å². The lowest BCUT2D eigenvalue weighted by atomic mass is 10.3. The molecule has 0 aliphatic rings. The van der Waals surface area contributed by atoms with Crippen molar-refractivity contribution in [3.8, 4) is 11.5 Å². The van der Waals surface area contributed by atoms with E-state index in [9.17, 15) is 5.11 Å². The first-order valence-corrected chi connectivity index (χ1v) is 5.56. The monoisotopic (exact) mass is 279 g/mol. The van der Waals surface area contributed by atoms with Gasteiger partial charge in [0.05, 0.1) is 5.69 Å². The fourth-order valence-corrected chi connectivity index (χ4v) is 1.46. The lowest BCUT2D eigenvalue weighted by molar-refractivity contribution is 0.285. The maximum Gasteiger partial charge on any atom is 0.161 e. The minimum Gasteiger partial charge on any atom is -0.504 e. The van der Waals surface area contributed by atoms with Gasteiger partial charge in [-0.1, -0.05) is 12.1 Å². The Labute approximate surface area is 102 Å². The van der Waals surface area contributed by atoms with Crippen LogP contribution in [0.4, 0.5) is 0 Å². The summed E-state index contributed by atoms with van der Waals surface area (Å²) in [5.74, 6) is 0.604. The average Bonchev–Trinajstić information content (AvgIpc) is 2.30. The van der Waals surface area contributed by atoms with E-state index in [1.807, 2.05) is 18.2 Å². The molecule has 16 heavy (non-hydrogen) atoms. The Morgan fingerprint density at radius 3 is 2.69 bits per heavy atom. The molecule has 82 valence electrons. The summed E-state index contributed by atoms with van der Waals surface area (Å²) in [4.78, 5) is 4.17. The molecule has 0 atom stereocenters. The van der Waals surface area contributed by atoms with Crippen LogP contribution in [-0.4, -0.2) is 10.1 Å². The first-order valence-electron chi connectivity index (χ1n) is 4.77. The van der Waals surface area contributed by atoms with Crippen molar-refractivity contribution in [1.29, 1.82) is 0 Å². The molecule has 0 radical (unpaired) electrons. The van der Waals surface area contributed by atoms with Gasteiger partial charge in [-0.15, -0.1) is 0 Å². The predicted octanol–water partition coefficient (Wildman–Crippen LogP) is 3.13. The van der Waals surface area contributed by atoms with Gasteiger partial charge in [-0.25, -0.2) is 0 Å². The zero-order valence-corrected chi connectivity index (χ0v) is 10.0. The number of halogens is 1. The molecule has 0 saturated carbocycles. The fraction of sp³-hybridized carbons (Fsp3) is 0.0833. The highest BCUT2D eigenvalue weighted by atomic mass is 79.9. The van der Waals surface area contributed by atoms with E-state index in [4.69, 9.17) is 4.74 Å². The number of aromatic hydroxyl groups is 1. The zero-order valence-electron chi connectivity index (χ0n) is 8.43. The maximum atomic E-state index is 9.48. The van der Waals surface area contributed by atoms with Crippen LogP contribution in [0.25, 0.3) is 0 Å². The predicted molar refractivity (Wildman–Crippen MR) is 64.4 cm³/mol. The van der Waals surface area contributed by atoms with Crippen LogP contribution in [0.2, 0.25) is 0 Å². The summed E-state index contributed by atoms with van der Waals surface area (Å²) in [5.41, 5.74) is 0.812. The van der Waals surface area contributed by atoms with Gasteiger partial charge in [-0.2, -0.15) is 0 Å². The Balaban J connectivity index is 2.02. The van der Waals surface area contributed by atoms with Crippen molar-refractivity contribution in [3.63, 3.8) is 0 Å². The van der Waals surface area contributed by atoms with Crippen LogP contribution < -0.4 is 4.74 Å². The van der Waals surface area contributed by atoms with Gasteiger partial charge in [0.2, 0.25) is 0 Å². The molecule has 0 amide bonds. The number of phenolic OH excluding ortho intramolecular Hbond substituents is 1. The van der Waals surface area contributed by atoms with Gasteiger partial charge >= 0.3 is 0 Å². The van der Waals surface area contributed by atoms with Crippen molar-refractivity contribution < 1.29 is 9.84 Å². The quantitative estimate of drug-likeness (QED) is 0.939. The molecule has 2 rings (SSSR count). The van der Waals surface area contributed by atoms with Crippen LogP contribution in [0.15, 0.2) is 47.1 Å². The maximum absolute atomic E-state index is 9.48. The first-order chi connectivity index (χ1) is 7.75. The van der Waals surface area contributed by atoms with E-state index < -0.39 is 0 Å². The second kappa shape index (κ2) is 4.99. The minimum atomic E-state index is 0.139. The molecular weight excluding hydrogens is 270 g/mol. The molecule has 1 aromatic heterocycles. The van der Waals surface area contributed by atoms with E-state index in [2.05, 4.69) is 20.9 Å². The zero-order chi connectivity index (χ0) is 11.4. The number of para-hydroxylation sites is 2. The highest BCUT2D eigenvalue weighted by Gasteiger charge is 2.01. The lowest BCUT2D eigenvalue weighted by Crippen LogP contribution is -1.97. The summed E-state index contributed by atoms with van der Waals surface area (Å²) < 4.78 is 6.36. The van der Waals surface area contributed by atoms with Crippen LogP contribution in [0, 0.1) is 0 Å². The number of hydrogen-bond acceptors (Lipinski definition) is 3. The summed E-state index contributed by atoms with van der Waals surface area (Å²) in [6, 6.07) is 10.6. The van der Waals surface area contributed by atoms with Crippen molar-refractivity contribution >= 4 is 15.9 Å². The summed E-state index contributed by atoms with van der Waals surface area (Å²) >= 11 is 3.31. The topological polar surface area (TPSA) is 42.4 Å². The van der Waals surface area contributed by atoms with Crippen LogP contribution in [0.1, 0.15) is 5.69 Å². The van der Waals surface area contributed by atoms with Crippen molar-refractivity contribution in [2.24, 2.45) is 0 Å². The summed E-state index contributed by atoms with van der Waals surface area (Å²) in [7, 11) is 0. The molecule has 1 heterocycles. The summed E-state index contributed by atoms with van der Waals surface area (Å²) in [6.45, 7) is 0.338. The van der Waals surface area contributed by atoms with Gasteiger partial charge < -0.3 is 9.84 Å². The van der Waals surface area contributed by atoms with Gasteiger partial charge in [-0.3, -0.25) is 4.98 Å². The van der Waals surface area contributed by atoms with E-state index in [0.717, 1.165) is 10.2 Å². The highest BCUT2D eigenvalue weighted by Crippen LogP contribution is 2.25. The number of ether oxygens (including phenoxy) is 1. The van der Waals surface area contributed by atoms with E-state index in [1.165, 1.54) is 0 Å². The van der Waals surface area contributed by atoms with Gasteiger partial charge in [0.15, 0.2) is 11.5 Å². The minimum absolute atomic E-state index is 0.139. The molecule has 4 heteroatoms. The summed E-state index contributed by atoms with van der Waals surface area (Å²) in [5, 5.41) is 9.48. The van der Waals surface area contributed by atoms with E-state index >= 15 is 0 Å². The molecule has 0 spiro atoms. The standard InChI is InChI=1S/C12H10BrNO2/c13-9-5-6-10(14-7-9)8-16-12-4-2-1-3-11(12)15/h1-7,15H,8H2. The molecule has 0 aliphatic carbocycles. The Bertz CT molecular complexity index is 471. The fourth-order valence-electron chi connectivity index (χ4n) is 1.22. The molecule has 0 aliphatic heterocycles. The van der Waals surface area contributed by atoms with E-state index in [-0.39, 0.29) is 5.75 Å². The van der Waals surface area contributed by atoms with E-state index in [0.29, 0.717) is 12.4 Å². The molecule has 2 aromatic rings. The third-order valence-corrected chi connectivity index (χ3v) is 2.50. The third kappa shape index (κ3) is 2.73. The van der Waals surface area contributed by atoms with Gasteiger partial charge in [0.25, 0.3) is 0 Å². The highest BCUT2D eigenvalue weighted by molar-refractivity contribution is 9.10. The molecule has 0 fully saturated rings. The molecule has 3 nitrogen and oxygen atoms in total. The second-order valence-electron chi connectivity index (χ2n) is 3.22.